The smallest absolute Gasteiger partial charge is 0.493 e. The Bertz CT molecular complexity index is 1120. The molecule has 0 radical (unpaired) electrons. The number of benzene rings is 2. The summed E-state index contributed by atoms with van der Waals surface area (Å²) >= 11 is 6.33. The normalized spacial score (nSPS) is 18.0. The molecule has 2 aromatic rings. The first-order chi connectivity index (χ1) is 14.5. The first-order valence-corrected chi connectivity index (χ1v) is 9.75. The second kappa shape index (κ2) is 8.16. The Kier molecular flexibility index (Phi) is 5.42. The van der Waals surface area contributed by atoms with Crippen LogP contribution in [-0.2, 0) is 11.3 Å². The maximum absolute atomic E-state index is 13.5. The van der Waals surface area contributed by atoms with Crippen molar-refractivity contribution in [3.05, 3.63) is 77.4 Å². The van der Waals surface area contributed by atoms with Gasteiger partial charge in [-0.05, 0) is 24.3 Å². The highest BCUT2D eigenvalue weighted by Gasteiger charge is 2.48. The zero-order valence-electron chi connectivity index (χ0n) is 16.5. The van der Waals surface area contributed by atoms with Gasteiger partial charge < -0.3 is 9.47 Å². The van der Waals surface area contributed by atoms with Crippen molar-refractivity contribution in [3.8, 4) is 11.5 Å². The van der Waals surface area contributed by atoms with Gasteiger partial charge in [0.25, 0.3) is 0 Å². The Hall–Kier alpha value is -3.38. The number of ether oxygens (including phenoxy) is 2. The summed E-state index contributed by atoms with van der Waals surface area (Å²) in [6.07, 6.45) is 7.21. The monoisotopic (exact) mass is 423 g/mol. The molecule has 1 aliphatic heterocycles. The van der Waals surface area contributed by atoms with Crippen LogP contribution in [0.15, 0.2) is 66.8 Å². The fraction of sp³-hybridized carbons (Fsp3) is 0.174. The average Bonchev–Trinajstić information content (AvgIpc) is 2.77. The Labute approximate surface area is 179 Å². The lowest BCUT2D eigenvalue weighted by Crippen LogP contribution is -2.54. The number of hydrogen-bond acceptors (Lipinski definition) is 4. The van der Waals surface area contributed by atoms with E-state index >= 15 is 0 Å². The standard InChI is InChI=1S/C23H20ClN2O4/c1-29-20-12-11-16(13-21(20)30-2)26-22(27)17-8-4-6-10-19(17)25(23(26)28)14-15-7-3-5-9-18(15)24/h3-13,17H,14H2,1-2H3/q+1. The van der Waals surface area contributed by atoms with Crippen LogP contribution >= 0.6 is 11.6 Å². The highest BCUT2D eigenvalue weighted by molar-refractivity contribution is 6.31. The lowest BCUT2D eigenvalue weighted by molar-refractivity contribution is -0.445. The van der Waals surface area contributed by atoms with Crippen molar-refractivity contribution in [1.29, 1.82) is 0 Å². The van der Waals surface area contributed by atoms with E-state index in [2.05, 4.69) is 0 Å². The highest BCUT2D eigenvalue weighted by atomic mass is 35.5. The van der Waals surface area contributed by atoms with Gasteiger partial charge in [-0.1, -0.05) is 48.0 Å². The molecule has 3 amide bonds. The molecule has 4 rings (SSSR count). The Balaban J connectivity index is 1.81. The largest absolute Gasteiger partial charge is 0.506 e. The van der Waals surface area contributed by atoms with Gasteiger partial charge in [0, 0.05) is 16.7 Å². The zero-order valence-corrected chi connectivity index (χ0v) is 17.3. The molecule has 2 aromatic carbocycles. The minimum absolute atomic E-state index is 0.250. The van der Waals surface area contributed by atoms with E-state index < -0.39 is 11.9 Å². The molecule has 1 unspecified atom stereocenters. The van der Waals surface area contributed by atoms with Crippen LogP contribution in [0.25, 0.3) is 0 Å². The van der Waals surface area contributed by atoms with E-state index in [9.17, 15) is 9.59 Å². The van der Waals surface area contributed by atoms with Crippen molar-refractivity contribution in [2.24, 2.45) is 5.92 Å². The minimum Gasteiger partial charge on any atom is -0.493 e. The topological polar surface area (TPSA) is 58.8 Å². The first-order valence-electron chi connectivity index (χ1n) is 9.37. The molecule has 0 aromatic heterocycles. The second-order valence-electron chi connectivity index (χ2n) is 6.82. The number of anilines is 1. The molecule has 2 aliphatic rings. The summed E-state index contributed by atoms with van der Waals surface area (Å²) < 4.78 is 12.2. The van der Waals surface area contributed by atoms with Gasteiger partial charge in [0.05, 0.1) is 14.2 Å². The molecule has 0 spiro atoms. The third-order valence-corrected chi connectivity index (χ3v) is 5.50. The van der Waals surface area contributed by atoms with Gasteiger partial charge in [0.1, 0.15) is 23.9 Å². The van der Waals surface area contributed by atoms with E-state index in [1.165, 1.54) is 19.1 Å². The zero-order chi connectivity index (χ0) is 21.3. The van der Waals surface area contributed by atoms with E-state index in [1.54, 1.807) is 41.0 Å². The van der Waals surface area contributed by atoms with Gasteiger partial charge in [-0.2, -0.15) is 9.37 Å². The number of imide groups is 1. The number of nitrogens with zero attached hydrogens (tertiary/aromatic N) is 2. The predicted octanol–water partition coefficient (Wildman–Crippen LogP) is 4.22. The number of carbonyl (C=O) groups is 2. The van der Waals surface area contributed by atoms with Crippen LogP contribution < -0.4 is 14.4 Å². The molecule has 152 valence electrons. The molecule has 0 saturated carbocycles. The summed E-state index contributed by atoms with van der Waals surface area (Å²) in [5.74, 6) is 0.0578. The molecular formula is C23H20ClN2O4+. The van der Waals surface area contributed by atoms with E-state index in [4.69, 9.17) is 21.1 Å². The SMILES string of the molecule is COc1ccc(N2C(=O)C3C=CC=CC3=[N+](Cc3ccccc3Cl)C2=O)cc1OC. The molecule has 0 saturated heterocycles. The van der Waals surface area contributed by atoms with Crippen LogP contribution in [0, 0.1) is 5.92 Å². The number of hydrogen-bond donors (Lipinski definition) is 0. The van der Waals surface area contributed by atoms with E-state index in [0.29, 0.717) is 27.9 Å². The van der Waals surface area contributed by atoms with Crippen molar-refractivity contribution in [2.75, 3.05) is 19.1 Å². The minimum atomic E-state index is -0.566. The van der Waals surface area contributed by atoms with Crippen LogP contribution in [-0.4, -0.2) is 36.4 Å². The van der Waals surface area contributed by atoms with Crippen LogP contribution in [0.3, 0.4) is 0 Å². The van der Waals surface area contributed by atoms with Gasteiger partial charge in [0.15, 0.2) is 11.5 Å². The molecule has 1 atom stereocenters. The molecule has 7 heteroatoms. The van der Waals surface area contributed by atoms with Gasteiger partial charge in [0.2, 0.25) is 0 Å². The maximum atomic E-state index is 13.5. The summed E-state index contributed by atoms with van der Waals surface area (Å²) in [6, 6.07) is 11.9. The molecule has 6 nitrogen and oxygen atoms in total. The van der Waals surface area contributed by atoms with Crippen LogP contribution in [0.5, 0.6) is 11.5 Å². The van der Waals surface area contributed by atoms with Crippen molar-refractivity contribution < 1.29 is 23.6 Å². The Morgan fingerprint density at radius 1 is 1.03 bits per heavy atom. The van der Waals surface area contributed by atoms with E-state index in [1.807, 2.05) is 30.4 Å². The fourth-order valence-corrected chi connectivity index (χ4v) is 3.82. The number of halogens is 1. The van der Waals surface area contributed by atoms with Crippen LogP contribution in [0.1, 0.15) is 5.56 Å². The van der Waals surface area contributed by atoms with Crippen molar-refractivity contribution in [1.82, 2.24) is 0 Å². The predicted molar refractivity (Wildman–Crippen MR) is 115 cm³/mol. The lowest BCUT2D eigenvalue weighted by atomic mass is 9.94. The van der Waals surface area contributed by atoms with Crippen LogP contribution in [0.4, 0.5) is 10.5 Å². The number of carbonyl (C=O) groups excluding carboxylic acids is 2. The molecule has 30 heavy (non-hydrogen) atoms. The van der Waals surface area contributed by atoms with Gasteiger partial charge in [-0.25, -0.2) is 4.79 Å². The number of urea groups is 1. The summed E-state index contributed by atoms with van der Waals surface area (Å²) in [7, 11) is 3.03. The molecule has 0 N–H and O–H groups in total. The van der Waals surface area contributed by atoms with Crippen molar-refractivity contribution in [3.63, 3.8) is 0 Å². The summed E-state index contributed by atoms with van der Waals surface area (Å²) in [4.78, 5) is 27.9. The third-order valence-electron chi connectivity index (χ3n) is 5.13. The van der Waals surface area contributed by atoms with Gasteiger partial charge in [-0.15, -0.1) is 4.90 Å². The number of allylic oxidation sites excluding steroid dienone is 3. The molecule has 1 aliphatic carbocycles. The summed E-state index contributed by atoms with van der Waals surface area (Å²) in [5.41, 5.74) is 1.83. The maximum Gasteiger partial charge on any atom is 0.506 e. The van der Waals surface area contributed by atoms with Crippen molar-refractivity contribution >= 4 is 34.9 Å². The second-order valence-corrected chi connectivity index (χ2v) is 7.23. The summed E-state index contributed by atoms with van der Waals surface area (Å²) in [5, 5.41) is 0.562. The summed E-state index contributed by atoms with van der Waals surface area (Å²) in [6.45, 7) is 0.250. The molecular weight excluding hydrogens is 404 g/mol. The fourth-order valence-electron chi connectivity index (χ4n) is 3.62. The van der Waals surface area contributed by atoms with Crippen molar-refractivity contribution in [2.45, 2.75) is 6.54 Å². The quantitative estimate of drug-likeness (QED) is 0.675. The van der Waals surface area contributed by atoms with E-state index in [0.717, 1.165) is 5.56 Å². The molecule has 0 bridgehead atoms. The van der Waals surface area contributed by atoms with Crippen LogP contribution in [0.2, 0.25) is 5.02 Å². The third kappa shape index (κ3) is 3.39. The first kappa shape index (κ1) is 19.9. The molecule has 1 heterocycles. The number of amides is 3. The Morgan fingerprint density at radius 2 is 1.80 bits per heavy atom. The lowest BCUT2D eigenvalue weighted by Gasteiger charge is -2.27. The number of methoxy groups -OCH3 is 2. The van der Waals surface area contributed by atoms with Gasteiger partial charge >= 0.3 is 11.9 Å². The van der Waals surface area contributed by atoms with Gasteiger partial charge in [-0.3, -0.25) is 0 Å². The highest BCUT2D eigenvalue weighted by Crippen LogP contribution is 2.34. The Morgan fingerprint density at radius 3 is 2.53 bits per heavy atom. The van der Waals surface area contributed by atoms with E-state index in [-0.39, 0.29) is 12.5 Å². The molecule has 0 fully saturated rings. The average molecular weight is 424 g/mol. The number of rotatable bonds is 5. The number of fused-ring (bicyclic) bond motifs is 1.